The third-order valence-electron chi connectivity index (χ3n) is 2.76. The number of nitrogens with zero attached hydrogens (tertiary/aromatic N) is 2. The maximum absolute atomic E-state index is 10.9. The zero-order chi connectivity index (χ0) is 13.9. The van der Waals surface area contributed by atoms with Crippen molar-refractivity contribution in [2.24, 2.45) is 0 Å². The molecule has 0 aliphatic rings. The van der Waals surface area contributed by atoms with Crippen LogP contribution in [-0.4, -0.2) is 21.3 Å². The second kappa shape index (κ2) is 5.26. The summed E-state index contributed by atoms with van der Waals surface area (Å²) < 4.78 is 5.57. The van der Waals surface area contributed by atoms with Gasteiger partial charge in [0.05, 0.1) is 12.0 Å². The van der Waals surface area contributed by atoms with E-state index in [1.54, 1.807) is 23.5 Å². The lowest BCUT2D eigenvalue weighted by molar-refractivity contribution is 0.0697. The van der Waals surface area contributed by atoms with E-state index in [9.17, 15) is 4.79 Å². The topological polar surface area (TPSA) is 76.2 Å². The molecule has 1 aromatic carbocycles. The van der Waals surface area contributed by atoms with Gasteiger partial charge in [0.2, 0.25) is 11.8 Å². The molecule has 3 aromatic rings. The summed E-state index contributed by atoms with van der Waals surface area (Å²) >= 11 is 1.61. The maximum atomic E-state index is 10.9. The summed E-state index contributed by atoms with van der Waals surface area (Å²) in [5.41, 5.74) is 1.92. The summed E-state index contributed by atoms with van der Waals surface area (Å²) in [4.78, 5) is 10.9. The van der Waals surface area contributed by atoms with Crippen LogP contribution in [0.15, 0.2) is 45.5 Å². The van der Waals surface area contributed by atoms with Crippen LogP contribution in [0, 0.1) is 0 Å². The Hall–Kier alpha value is -2.47. The molecular formula is C14H10N2O3S. The van der Waals surface area contributed by atoms with Crippen LogP contribution < -0.4 is 0 Å². The number of carbonyl (C=O) groups is 1. The molecule has 0 aliphatic carbocycles. The fourth-order valence-electron chi connectivity index (χ4n) is 1.79. The SMILES string of the molecule is O=C(O)c1cccc(-c2nnc(Cc3ccsc3)o2)c1. The summed E-state index contributed by atoms with van der Waals surface area (Å²) in [6.07, 6.45) is 0.578. The molecule has 0 spiro atoms. The first-order chi connectivity index (χ1) is 9.72. The Morgan fingerprint density at radius 1 is 1.30 bits per heavy atom. The molecule has 0 radical (unpaired) electrons. The molecular weight excluding hydrogens is 276 g/mol. The number of benzene rings is 1. The van der Waals surface area contributed by atoms with Crippen LogP contribution >= 0.6 is 11.3 Å². The van der Waals surface area contributed by atoms with Crippen LogP contribution in [0.4, 0.5) is 0 Å². The van der Waals surface area contributed by atoms with Gasteiger partial charge >= 0.3 is 5.97 Å². The van der Waals surface area contributed by atoms with Gasteiger partial charge in [0.15, 0.2) is 0 Å². The Balaban J connectivity index is 1.86. The summed E-state index contributed by atoms with van der Waals surface area (Å²) in [6.45, 7) is 0. The third-order valence-corrected chi connectivity index (χ3v) is 3.49. The van der Waals surface area contributed by atoms with Crippen molar-refractivity contribution in [2.75, 3.05) is 0 Å². The van der Waals surface area contributed by atoms with E-state index in [0.717, 1.165) is 5.56 Å². The van der Waals surface area contributed by atoms with Crippen molar-refractivity contribution < 1.29 is 14.3 Å². The molecule has 20 heavy (non-hydrogen) atoms. The second-order valence-electron chi connectivity index (χ2n) is 4.20. The van der Waals surface area contributed by atoms with Gasteiger partial charge in [-0.3, -0.25) is 0 Å². The maximum Gasteiger partial charge on any atom is 0.335 e. The summed E-state index contributed by atoms with van der Waals surface area (Å²) in [5.74, 6) is -0.137. The zero-order valence-corrected chi connectivity index (χ0v) is 11.1. The number of aromatic carboxylic acids is 1. The van der Waals surface area contributed by atoms with E-state index in [-0.39, 0.29) is 5.56 Å². The molecule has 0 bridgehead atoms. The van der Waals surface area contributed by atoms with Crippen molar-refractivity contribution >= 4 is 17.3 Å². The number of rotatable bonds is 4. The quantitative estimate of drug-likeness (QED) is 0.797. The van der Waals surface area contributed by atoms with E-state index in [4.69, 9.17) is 9.52 Å². The zero-order valence-electron chi connectivity index (χ0n) is 10.3. The highest BCUT2D eigenvalue weighted by Gasteiger charge is 2.11. The molecule has 0 amide bonds. The van der Waals surface area contributed by atoms with E-state index in [2.05, 4.69) is 10.2 Å². The average Bonchev–Trinajstić information content (AvgIpc) is 3.11. The van der Waals surface area contributed by atoms with Crippen molar-refractivity contribution in [1.29, 1.82) is 0 Å². The molecule has 0 saturated carbocycles. The van der Waals surface area contributed by atoms with Crippen molar-refractivity contribution in [2.45, 2.75) is 6.42 Å². The fraction of sp³-hybridized carbons (Fsp3) is 0.0714. The summed E-state index contributed by atoms with van der Waals surface area (Å²) in [6, 6.07) is 8.44. The standard InChI is InChI=1S/C14H10N2O3S/c17-14(18)11-3-1-2-10(7-11)13-16-15-12(19-13)6-9-4-5-20-8-9/h1-5,7-8H,6H2,(H,17,18). The fourth-order valence-corrected chi connectivity index (χ4v) is 2.46. The minimum absolute atomic E-state index is 0.195. The largest absolute Gasteiger partial charge is 0.478 e. The number of aromatic nitrogens is 2. The average molecular weight is 286 g/mol. The lowest BCUT2D eigenvalue weighted by atomic mass is 10.1. The Morgan fingerprint density at radius 3 is 2.95 bits per heavy atom. The third kappa shape index (κ3) is 2.60. The Bertz CT molecular complexity index is 734. The van der Waals surface area contributed by atoms with Gasteiger partial charge in [-0.1, -0.05) is 6.07 Å². The molecule has 1 N–H and O–H groups in total. The molecule has 0 unspecified atom stereocenters. The van der Waals surface area contributed by atoms with Gasteiger partial charge < -0.3 is 9.52 Å². The molecule has 6 heteroatoms. The van der Waals surface area contributed by atoms with Crippen LogP contribution in [0.2, 0.25) is 0 Å². The summed E-state index contributed by atoms with van der Waals surface area (Å²) in [5, 5.41) is 20.9. The second-order valence-corrected chi connectivity index (χ2v) is 4.98. The van der Waals surface area contributed by atoms with Gasteiger partial charge in [-0.05, 0) is 40.6 Å². The van der Waals surface area contributed by atoms with E-state index in [1.165, 1.54) is 12.1 Å². The van der Waals surface area contributed by atoms with Crippen LogP contribution in [-0.2, 0) is 6.42 Å². The Kier molecular flexibility index (Phi) is 3.30. The predicted octanol–water partition coefficient (Wildman–Crippen LogP) is 3.09. The first-order valence-electron chi connectivity index (χ1n) is 5.89. The number of carboxylic acid groups (broad SMARTS) is 1. The van der Waals surface area contributed by atoms with Gasteiger partial charge in [-0.2, -0.15) is 11.3 Å². The first-order valence-corrected chi connectivity index (χ1v) is 6.84. The van der Waals surface area contributed by atoms with Gasteiger partial charge in [0.1, 0.15) is 0 Å². The van der Waals surface area contributed by atoms with Crippen LogP contribution in [0.5, 0.6) is 0 Å². The molecule has 0 saturated heterocycles. The lowest BCUT2D eigenvalue weighted by Gasteiger charge is -1.97. The van der Waals surface area contributed by atoms with Crippen molar-refractivity contribution in [3.63, 3.8) is 0 Å². The van der Waals surface area contributed by atoms with Crippen molar-refractivity contribution in [3.05, 3.63) is 58.1 Å². The summed E-state index contributed by atoms with van der Waals surface area (Å²) in [7, 11) is 0. The number of carboxylic acids is 1. The number of hydrogen-bond acceptors (Lipinski definition) is 5. The first kappa shape index (κ1) is 12.6. The molecule has 5 nitrogen and oxygen atoms in total. The molecule has 2 aromatic heterocycles. The minimum Gasteiger partial charge on any atom is -0.478 e. The normalized spacial score (nSPS) is 10.6. The van der Waals surface area contributed by atoms with Crippen molar-refractivity contribution in [1.82, 2.24) is 10.2 Å². The highest BCUT2D eigenvalue weighted by molar-refractivity contribution is 7.07. The highest BCUT2D eigenvalue weighted by atomic mass is 32.1. The lowest BCUT2D eigenvalue weighted by Crippen LogP contribution is -1.95. The number of hydrogen-bond donors (Lipinski definition) is 1. The van der Waals surface area contributed by atoms with Crippen LogP contribution in [0.1, 0.15) is 21.8 Å². The van der Waals surface area contributed by atoms with Crippen LogP contribution in [0.3, 0.4) is 0 Å². The minimum atomic E-state index is -0.982. The molecule has 0 atom stereocenters. The monoisotopic (exact) mass is 286 g/mol. The van der Waals surface area contributed by atoms with Gasteiger partial charge in [0.25, 0.3) is 0 Å². The van der Waals surface area contributed by atoms with Gasteiger partial charge in [-0.25, -0.2) is 4.79 Å². The predicted molar refractivity (Wildman–Crippen MR) is 73.8 cm³/mol. The van der Waals surface area contributed by atoms with E-state index < -0.39 is 5.97 Å². The Labute approximate surface area is 118 Å². The van der Waals surface area contributed by atoms with Crippen LogP contribution in [0.25, 0.3) is 11.5 Å². The molecule has 0 fully saturated rings. The van der Waals surface area contributed by atoms with E-state index >= 15 is 0 Å². The van der Waals surface area contributed by atoms with Gasteiger partial charge in [0, 0.05) is 5.56 Å². The molecule has 100 valence electrons. The molecule has 3 rings (SSSR count). The highest BCUT2D eigenvalue weighted by Crippen LogP contribution is 2.20. The molecule has 0 aliphatic heterocycles. The smallest absolute Gasteiger partial charge is 0.335 e. The van der Waals surface area contributed by atoms with Gasteiger partial charge in [-0.15, -0.1) is 10.2 Å². The Morgan fingerprint density at radius 2 is 2.20 bits per heavy atom. The molecule has 2 heterocycles. The number of thiophene rings is 1. The van der Waals surface area contributed by atoms with E-state index in [1.807, 2.05) is 16.8 Å². The van der Waals surface area contributed by atoms with E-state index in [0.29, 0.717) is 23.8 Å². The van der Waals surface area contributed by atoms with Crippen molar-refractivity contribution in [3.8, 4) is 11.5 Å².